The van der Waals surface area contributed by atoms with Gasteiger partial charge in [-0.05, 0) is 42.1 Å². The molecule has 6 nitrogen and oxygen atoms in total. The number of halogens is 3. The number of benzene rings is 2. The van der Waals surface area contributed by atoms with Crippen molar-refractivity contribution in [1.29, 1.82) is 0 Å². The summed E-state index contributed by atoms with van der Waals surface area (Å²) in [5.74, 6) is 0. The molecule has 2 heterocycles. The van der Waals surface area contributed by atoms with Crippen molar-refractivity contribution in [2.45, 2.75) is 20.0 Å². The molecule has 0 saturated carbocycles. The molecule has 178 valence electrons. The molecule has 0 amide bonds. The van der Waals surface area contributed by atoms with Crippen LogP contribution in [0, 0.1) is 26.0 Å². The Morgan fingerprint density at radius 3 is 2.24 bits per heavy atom. The molecular formula is C21H14F3N3O3W4-2. The molecule has 4 aromatic rings. The summed E-state index contributed by atoms with van der Waals surface area (Å²) in [5, 5.41) is 4.59. The van der Waals surface area contributed by atoms with Crippen molar-refractivity contribution in [3.63, 3.8) is 0 Å². The maximum atomic E-state index is 13.2. The third kappa shape index (κ3) is 5.75. The molecule has 0 aliphatic carbocycles. The summed E-state index contributed by atoms with van der Waals surface area (Å²) in [6, 6.07) is 12.9. The first-order chi connectivity index (χ1) is 14.1. The fraction of sp³-hybridized carbons (Fsp3) is 0.190. The van der Waals surface area contributed by atoms with Crippen LogP contribution in [0.3, 0.4) is 0 Å². The van der Waals surface area contributed by atoms with Gasteiger partial charge in [-0.2, -0.15) is 13.2 Å². The van der Waals surface area contributed by atoms with Crippen molar-refractivity contribution in [2.24, 2.45) is 7.05 Å². The van der Waals surface area contributed by atoms with Crippen LogP contribution in [0.25, 0.3) is 27.9 Å². The topological polar surface area (TPSA) is 70.0 Å². The molecule has 0 atom stereocenters. The molecular weight excluding hydrogens is 1130 g/mol. The molecule has 0 N–H and O–H groups in total. The summed E-state index contributed by atoms with van der Waals surface area (Å²) in [5.41, 5.74) is -0.928. The zero-order valence-corrected chi connectivity index (χ0v) is 29.5. The van der Waals surface area contributed by atoms with E-state index >= 15 is 0 Å². The SMILES string of the molecule is Cc1cc2onc(-c3[c-]cc[c-]c3)c2c(C)c1-n1c(=O)cc(C(F)(F)F)n(C)c1=O.[W].[W].[W].[W]. The summed E-state index contributed by atoms with van der Waals surface area (Å²) in [7, 11) is 0.976. The zero-order valence-electron chi connectivity index (χ0n) is 17.7. The molecule has 2 aromatic carbocycles. The molecule has 0 bridgehead atoms. The minimum Gasteiger partial charge on any atom is -0.367 e. The Bertz CT molecular complexity index is 1410. The van der Waals surface area contributed by atoms with E-state index in [-0.39, 0.29) is 89.9 Å². The van der Waals surface area contributed by atoms with Gasteiger partial charge in [-0.15, -0.1) is 5.16 Å². The Balaban J connectivity index is 0.00000272. The Morgan fingerprint density at radius 1 is 1.03 bits per heavy atom. The molecule has 0 spiro atoms. The van der Waals surface area contributed by atoms with E-state index in [0.717, 1.165) is 11.6 Å². The minimum absolute atomic E-state index is 0. The van der Waals surface area contributed by atoms with Crippen molar-refractivity contribution in [1.82, 2.24) is 14.3 Å². The maximum Gasteiger partial charge on any atom is 0.431 e. The molecule has 13 heteroatoms. The first kappa shape index (κ1) is 33.1. The second kappa shape index (κ2) is 12.4. The summed E-state index contributed by atoms with van der Waals surface area (Å²) in [6.45, 7) is 3.29. The van der Waals surface area contributed by atoms with Gasteiger partial charge in [0.1, 0.15) is 5.69 Å². The Kier molecular flexibility index (Phi) is 12.1. The normalized spacial score (nSPS) is 10.5. The van der Waals surface area contributed by atoms with Gasteiger partial charge in [0, 0.05) is 97.4 Å². The van der Waals surface area contributed by atoms with Gasteiger partial charge in [0.05, 0.1) is 5.69 Å². The van der Waals surface area contributed by atoms with Crippen molar-refractivity contribution < 1.29 is 102 Å². The van der Waals surface area contributed by atoms with Crippen LogP contribution in [0.5, 0.6) is 0 Å². The van der Waals surface area contributed by atoms with Crippen molar-refractivity contribution in [2.75, 3.05) is 0 Å². The minimum atomic E-state index is -4.83. The van der Waals surface area contributed by atoms with Gasteiger partial charge < -0.3 is 4.52 Å². The third-order valence-electron chi connectivity index (χ3n) is 4.91. The first-order valence-electron chi connectivity index (χ1n) is 8.79. The van der Waals surface area contributed by atoms with E-state index in [9.17, 15) is 22.8 Å². The van der Waals surface area contributed by atoms with E-state index in [0.29, 0.717) is 44.0 Å². The number of fused-ring (bicyclic) bond motifs is 1. The van der Waals surface area contributed by atoms with Crippen LogP contribution in [-0.2, 0) is 97.5 Å². The van der Waals surface area contributed by atoms with Crippen LogP contribution < -0.4 is 11.2 Å². The van der Waals surface area contributed by atoms with Crippen molar-refractivity contribution >= 4 is 11.0 Å². The second-order valence-corrected chi connectivity index (χ2v) is 6.82. The van der Waals surface area contributed by atoms with E-state index in [1.165, 1.54) is 0 Å². The van der Waals surface area contributed by atoms with Gasteiger partial charge in [-0.1, -0.05) is 0 Å². The number of hydrogen-bond acceptors (Lipinski definition) is 4. The van der Waals surface area contributed by atoms with E-state index in [2.05, 4.69) is 17.3 Å². The second-order valence-electron chi connectivity index (χ2n) is 6.82. The van der Waals surface area contributed by atoms with Crippen LogP contribution in [-0.4, -0.2) is 14.3 Å². The third-order valence-corrected chi connectivity index (χ3v) is 4.91. The van der Waals surface area contributed by atoms with E-state index < -0.39 is 23.1 Å². The fourth-order valence-electron chi connectivity index (χ4n) is 3.56. The molecule has 4 rings (SSSR count). The van der Waals surface area contributed by atoms with Crippen LogP contribution in [0.4, 0.5) is 13.2 Å². The zero-order chi connectivity index (χ0) is 21.8. The summed E-state index contributed by atoms with van der Waals surface area (Å²) < 4.78 is 46.1. The average Bonchev–Trinajstić information content (AvgIpc) is 3.11. The molecule has 0 aliphatic heterocycles. The van der Waals surface area contributed by atoms with Gasteiger partial charge in [-0.3, -0.25) is 39.7 Å². The monoisotopic (exact) mass is 1150 g/mol. The number of hydrogen-bond donors (Lipinski definition) is 0. The fourth-order valence-corrected chi connectivity index (χ4v) is 3.56. The molecule has 2 aromatic heterocycles. The smallest absolute Gasteiger partial charge is 0.367 e. The molecule has 0 fully saturated rings. The van der Waals surface area contributed by atoms with Gasteiger partial charge >= 0.3 is 11.9 Å². The largest absolute Gasteiger partial charge is 0.431 e. The van der Waals surface area contributed by atoms with E-state index in [4.69, 9.17) is 4.52 Å². The summed E-state index contributed by atoms with van der Waals surface area (Å²) in [6.07, 6.45) is -4.83. The Hall–Kier alpha value is -0.867. The van der Waals surface area contributed by atoms with Gasteiger partial charge in [0.25, 0.3) is 5.56 Å². The molecule has 0 aliphatic rings. The summed E-state index contributed by atoms with van der Waals surface area (Å²) in [4.78, 5) is 25.4. The van der Waals surface area contributed by atoms with Crippen LogP contribution >= 0.6 is 0 Å². The number of aromatic nitrogens is 3. The Labute approximate surface area is 249 Å². The van der Waals surface area contributed by atoms with E-state index in [1.54, 1.807) is 38.1 Å². The predicted octanol–water partition coefficient (Wildman–Crippen LogP) is 3.57. The maximum absolute atomic E-state index is 13.2. The van der Waals surface area contributed by atoms with Gasteiger partial charge in [-0.25, -0.2) is 14.9 Å². The number of aryl methyl sites for hydroxylation is 2. The molecule has 0 unspecified atom stereocenters. The average molecular weight is 1150 g/mol. The van der Waals surface area contributed by atoms with Gasteiger partial charge in [0.2, 0.25) is 0 Å². The molecule has 0 saturated heterocycles. The first-order valence-corrected chi connectivity index (χ1v) is 8.79. The quantitative estimate of drug-likeness (QED) is 0.289. The van der Waals surface area contributed by atoms with Crippen LogP contribution in [0.1, 0.15) is 16.8 Å². The van der Waals surface area contributed by atoms with Crippen LogP contribution in [0.2, 0.25) is 0 Å². The summed E-state index contributed by atoms with van der Waals surface area (Å²) >= 11 is 0. The predicted molar refractivity (Wildman–Crippen MR) is 102 cm³/mol. The number of nitrogens with zero attached hydrogens (tertiary/aromatic N) is 3. The van der Waals surface area contributed by atoms with Crippen molar-refractivity contribution in [3.05, 3.63) is 80.1 Å². The van der Waals surface area contributed by atoms with Crippen LogP contribution in [0.15, 0.2) is 44.4 Å². The van der Waals surface area contributed by atoms with Gasteiger partial charge in [0.15, 0.2) is 5.58 Å². The molecule has 0 radical (unpaired) electrons. The molecule has 34 heavy (non-hydrogen) atoms. The standard InChI is InChI=1S/C21H14F3N3O3.4W/c1-11-9-14-17(18(25-30-14)13-7-5-4-6-8-13)12(2)19(11)27-16(28)10-15(21(22,23)24)26(3)20(27)29;;;;/h4-5,8-10H,1-3H3;;;;/q-2;;;;. The number of alkyl halides is 3. The number of rotatable bonds is 2. The van der Waals surface area contributed by atoms with E-state index in [1.807, 2.05) is 0 Å². The van der Waals surface area contributed by atoms with Crippen molar-refractivity contribution in [3.8, 4) is 16.9 Å². The Morgan fingerprint density at radius 2 is 1.68 bits per heavy atom.